The van der Waals surface area contributed by atoms with E-state index in [-0.39, 0.29) is 6.04 Å². The molecule has 0 amide bonds. The maximum absolute atomic E-state index is 10.2. The maximum atomic E-state index is 10.2. The van der Waals surface area contributed by atoms with E-state index in [2.05, 4.69) is 5.32 Å². The summed E-state index contributed by atoms with van der Waals surface area (Å²) in [6.45, 7) is 1.95. The summed E-state index contributed by atoms with van der Waals surface area (Å²) in [5.41, 5.74) is 5.40. The molecule has 4 N–H and O–H groups in total. The van der Waals surface area contributed by atoms with Crippen molar-refractivity contribution in [3.8, 4) is 0 Å². The minimum atomic E-state index is -0.442. The van der Waals surface area contributed by atoms with Crippen LogP contribution in [0.25, 0.3) is 0 Å². The van der Waals surface area contributed by atoms with Crippen molar-refractivity contribution in [3.05, 3.63) is 0 Å². The lowest BCUT2D eigenvalue weighted by Gasteiger charge is -2.45. The van der Waals surface area contributed by atoms with Crippen LogP contribution in [0.1, 0.15) is 25.7 Å². The van der Waals surface area contributed by atoms with Crippen molar-refractivity contribution in [3.63, 3.8) is 0 Å². The van der Waals surface area contributed by atoms with Crippen molar-refractivity contribution in [1.29, 1.82) is 0 Å². The monoisotopic (exact) mass is 170 g/mol. The highest BCUT2D eigenvalue weighted by Gasteiger charge is 2.42. The fourth-order valence-corrected chi connectivity index (χ4v) is 2.37. The van der Waals surface area contributed by atoms with Gasteiger partial charge >= 0.3 is 0 Å². The first-order valence-electron chi connectivity index (χ1n) is 4.89. The average Bonchev–Trinajstić information content (AvgIpc) is 1.79. The first kappa shape index (κ1) is 8.48. The first-order valence-corrected chi connectivity index (χ1v) is 4.89. The van der Waals surface area contributed by atoms with Crippen LogP contribution in [0.2, 0.25) is 0 Å². The predicted octanol–water partition coefficient (Wildman–Crippen LogP) is -0.162. The molecule has 12 heavy (non-hydrogen) atoms. The van der Waals surface area contributed by atoms with Crippen LogP contribution in [0.5, 0.6) is 0 Å². The van der Waals surface area contributed by atoms with Crippen LogP contribution in [0.15, 0.2) is 0 Å². The van der Waals surface area contributed by atoms with E-state index >= 15 is 0 Å². The molecule has 3 nitrogen and oxygen atoms in total. The molecule has 1 aliphatic carbocycles. The van der Waals surface area contributed by atoms with Gasteiger partial charge in [0, 0.05) is 25.0 Å². The van der Waals surface area contributed by atoms with Gasteiger partial charge in [-0.3, -0.25) is 0 Å². The molecule has 1 heterocycles. The Morgan fingerprint density at radius 2 is 2.17 bits per heavy atom. The summed E-state index contributed by atoms with van der Waals surface area (Å²) in [6.07, 6.45) is 3.93. The SMILES string of the molecule is NC1CCCC(O)(C2CNC2)C1. The Morgan fingerprint density at radius 1 is 1.42 bits per heavy atom. The van der Waals surface area contributed by atoms with Crippen molar-refractivity contribution in [2.75, 3.05) is 13.1 Å². The van der Waals surface area contributed by atoms with E-state index in [0.717, 1.165) is 38.8 Å². The molecular formula is C9H18N2O. The van der Waals surface area contributed by atoms with E-state index in [1.165, 1.54) is 0 Å². The molecule has 2 aliphatic rings. The molecule has 0 aromatic rings. The van der Waals surface area contributed by atoms with Gasteiger partial charge in [-0.1, -0.05) is 0 Å². The summed E-state index contributed by atoms with van der Waals surface area (Å²) in [6, 6.07) is 0.226. The molecule has 0 aromatic carbocycles. The molecule has 0 bridgehead atoms. The summed E-state index contributed by atoms with van der Waals surface area (Å²) >= 11 is 0. The molecule has 0 radical (unpaired) electrons. The van der Waals surface area contributed by atoms with Crippen LogP contribution in [-0.4, -0.2) is 29.8 Å². The van der Waals surface area contributed by atoms with Crippen LogP contribution in [0, 0.1) is 5.92 Å². The summed E-state index contributed by atoms with van der Waals surface area (Å²) in [5, 5.41) is 13.4. The smallest absolute Gasteiger partial charge is 0.0714 e. The molecule has 2 fully saturated rings. The van der Waals surface area contributed by atoms with E-state index in [0.29, 0.717) is 5.92 Å². The van der Waals surface area contributed by atoms with Crippen molar-refractivity contribution in [2.45, 2.75) is 37.3 Å². The lowest BCUT2D eigenvalue weighted by atomic mass is 9.72. The summed E-state index contributed by atoms with van der Waals surface area (Å²) < 4.78 is 0. The molecule has 1 aliphatic heterocycles. The Kier molecular flexibility index (Phi) is 2.10. The second kappa shape index (κ2) is 2.98. The first-order chi connectivity index (χ1) is 5.71. The molecule has 1 saturated carbocycles. The van der Waals surface area contributed by atoms with Crippen LogP contribution >= 0.6 is 0 Å². The second-order valence-electron chi connectivity index (χ2n) is 4.32. The van der Waals surface area contributed by atoms with Gasteiger partial charge in [0.1, 0.15) is 0 Å². The number of rotatable bonds is 1. The van der Waals surface area contributed by atoms with Gasteiger partial charge in [-0.25, -0.2) is 0 Å². The highest BCUT2D eigenvalue weighted by Crippen LogP contribution is 2.35. The molecular weight excluding hydrogens is 152 g/mol. The molecule has 70 valence electrons. The maximum Gasteiger partial charge on any atom is 0.0714 e. The Morgan fingerprint density at radius 3 is 2.67 bits per heavy atom. The minimum Gasteiger partial charge on any atom is -0.389 e. The van der Waals surface area contributed by atoms with Crippen molar-refractivity contribution in [2.24, 2.45) is 11.7 Å². The fraction of sp³-hybridized carbons (Fsp3) is 1.00. The second-order valence-corrected chi connectivity index (χ2v) is 4.32. The third-order valence-electron chi connectivity index (χ3n) is 3.34. The summed E-state index contributed by atoms with van der Waals surface area (Å²) in [4.78, 5) is 0. The number of hydrogen-bond acceptors (Lipinski definition) is 3. The van der Waals surface area contributed by atoms with Crippen molar-refractivity contribution < 1.29 is 5.11 Å². The largest absolute Gasteiger partial charge is 0.389 e. The van der Waals surface area contributed by atoms with Crippen LogP contribution in [0.3, 0.4) is 0 Å². The predicted molar refractivity (Wildman–Crippen MR) is 47.8 cm³/mol. The fourth-order valence-electron chi connectivity index (χ4n) is 2.37. The van der Waals surface area contributed by atoms with E-state index in [4.69, 9.17) is 5.73 Å². The molecule has 3 heteroatoms. The van der Waals surface area contributed by atoms with E-state index in [1.807, 2.05) is 0 Å². The van der Waals surface area contributed by atoms with E-state index < -0.39 is 5.60 Å². The Bertz CT molecular complexity index is 170. The third-order valence-corrected chi connectivity index (χ3v) is 3.34. The van der Waals surface area contributed by atoms with E-state index in [9.17, 15) is 5.11 Å². The highest BCUT2D eigenvalue weighted by atomic mass is 16.3. The van der Waals surface area contributed by atoms with Gasteiger partial charge in [0.25, 0.3) is 0 Å². The third kappa shape index (κ3) is 1.37. The van der Waals surface area contributed by atoms with Gasteiger partial charge in [-0.15, -0.1) is 0 Å². The Balaban J connectivity index is 1.97. The normalized spacial score (nSPS) is 44.0. The molecule has 2 atom stereocenters. The average molecular weight is 170 g/mol. The number of hydrogen-bond donors (Lipinski definition) is 3. The molecule has 0 aromatic heterocycles. The van der Waals surface area contributed by atoms with Gasteiger partial charge in [0.2, 0.25) is 0 Å². The van der Waals surface area contributed by atoms with Crippen LogP contribution < -0.4 is 11.1 Å². The Labute approximate surface area is 73.3 Å². The van der Waals surface area contributed by atoms with Gasteiger partial charge in [0.05, 0.1) is 5.60 Å². The van der Waals surface area contributed by atoms with Gasteiger partial charge in [0.15, 0.2) is 0 Å². The Hall–Kier alpha value is -0.120. The van der Waals surface area contributed by atoms with Crippen LogP contribution in [0.4, 0.5) is 0 Å². The quantitative estimate of drug-likeness (QED) is 0.512. The molecule has 2 unspecified atom stereocenters. The summed E-state index contributed by atoms with van der Waals surface area (Å²) in [5.74, 6) is 0.462. The molecule has 1 saturated heterocycles. The van der Waals surface area contributed by atoms with Crippen LogP contribution in [-0.2, 0) is 0 Å². The zero-order valence-corrected chi connectivity index (χ0v) is 7.42. The summed E-state index contributed by atoms with van der Waals surface area (Å²) in [7, 11) is 0. The van der Waals surface area contributed by atoms with E-state index in [1.54, 1.807) is 0 Å². The topological polar surface area (TPSA) is 58.3 Å². The van der Waals surface area contributed by atoms with Crippen molar-refractivity contribution >= 4 is 0 Å². The molecule has 0 spiro atoms. The van der Waals surface area contributed by atoms with Crippen molar-refractivity contribution in [1.82, 2.24) is 5.32 Å². The lowest BCUT2D eigenvalue weighted by Crippen LogP contribution is -2.58. The zero-order chi connectivity index (χ0) is 8.60. The standard InChI is InChI=1S/C9H18N2O/c10-8-2-1-3-9(12,4-8)7-5-11-6-7/h7-8,11-12H,1-6,10H2. The minimum absolute atomic E-state index is 0.226. The number of aliphatic hydroxyl groups is 1. The zero-order valence-electron chi connectivity index (χ0n) is 7.42. The number of nitrogens with one attached hydrogen (secondary N) is 1. The lowest BCUT2D eigenvalue weighted by molar-refractivity contribution is -0.0708. The van der Waals surface area contributed by atoms with Gasteiger partial charge in [-0.2, -0.15) is 0 Å². The van der Waals surface area contributed by atoms with Gasteiger partial charge < -0.3 is 16.2 Å². The highest BCUT2D eigenvalue weighted by molar-refractivity contribution is 4.98. The van der Waals surface area contributed by atoms with Gasteiger partial charge in [-0.05, 0) is 25.7 Å². The molecule has 2 rings (SSSR count). The number of nitrogens with two attached hydrogens (primary N) is 1.